The number of benzene rings is 2. The summed E-state index contributed by atoms with van der Waals surface area (Å²) in [4.78, 5) is 29.2. The molecule has 5 heteroatoms. The molecule has 0 unspecified atom stereocenters. The number of thioether (sulfide) groups is 1. The molecular weight excluding hydrogens is 346 g/mol. The summed E-state index contributed by atoms with van der Waals surface area (Å²) in [6.07, 6.45) is -0.536. The number of hydrogen-bond donors (Lipinski definition) is 1. The first kappa shape index (κ1) is 18.3. The van der Waals surface area contributed by atoms with Crippen molar-refractivity contribution in [2.75, 3.05) is 5.75 Å². The number of nitrogens with one attached hydrogen (secondary N) is 1. The van der Waals surface area contributed by atoms with Crippen LogP contribution in [0.4, 0.5) is 0 Å². The van der Waals surface area contributed by atoms with Crippen LogP contribution >= 0.6 is 11.8 Å². The van der Waals surface area contributed by atoms with Gasteiger partial charge in [0, 0.05) is 32.8 Å². The van der Waals surface area contributed by atoms with E-state index in [9.17, 15) is 9.59 Å². The highest BCUT2D eigenvalue weighted by molar-refractivity contribution is 7.99. The van der Waals surface area contributed by atoms with E-state index in [0.29, 0.717) is 11.3 Å². The van der Waals surface area contributed by atoms with E-state index in [4.69, 9.17) is 4.74 Å². The molecule has 3 aromatic rings. The van der Waals surface area contributed by atoms with E-state index in [1.165, 1.54) is 0 Å². The van der Waals surface area contributed by atoms with E-state index in [-0.39, 0.29) is 18.2 Å². The summed E-state index contributed by atoms with van der Waals surface area (Å²) in [6.45, 7) is 3.49. The zero-order valence-electron chi connectivity index (χ0n) is 14.8. The fraction of sp³-hybridized carbons (Fsp3) is 0.238. The molecular formula is C21H21NO3S. The van der Waals surface area contributed by atoms with Crippen molar-refractivity contribution in [3.8, 4) is 0 Å². The molecule has 0 aliphatic carbocycles. The second-order valence-corrected chi connectivity index (χ2v) is 7.25. The zero-order chi connectivity index (χ0) is 18.5. The van der Waals surface area contributed by atoms with Crippen molar-refractivity contribution in [3.05, 3.63) is 65.9 Å². The van der Waals surface area contributed by atoms with Crippen LogP contribution in [0.15, 0.2) is 59.5 Å². The summed E-state index contributed by atoms with van der Waals surface area (Å²) < 4.78 is 5.36. The standard InChI is InChI=1S/C21H21NO3S/c1-14-20(17-10-6-7-11-18(17)22-14)21(24)15(2)25-19(23)12-13-26-16-8-4-3-5-9-16/h3-11,15,22H,12-13H2,1-2H3/t15-/m1/s1. The van der Waals surface area contributed by atoms with Crippen LogP contribution in [0.25, 0.3) is 10.9 Å². The number of esters is 1. The van der Waals surface area contributed by atoms with Crippen molar-refractivity contribution in [2.45, 2.75) is 31.3 Å². The molecule has 1 N–H and O–H groups in total. The third-order valence-electron chi connectivity index (χ3n) is 4.14. The van der Waals surface area contributed by atoms with Crippen molar-refractivity contribution in [2.24, 2.45) is 0 Å². The van der Waals surface area contributed by atoms with Gasteiger partial charge in [-0.15, -0.1) is 11.8 Å². The molecule has 0 fully saturated rings. The van der Waals surface area contributed by atoms with Crippen LogP contribution < -0.4 is 0 Å². The van der Waals surface area contributed by atoms with Gasteiger partial charge in [-0.1, -0.05) is 36.4 Å². The summed E-state index contributed by atoms with van der Waals surface area (Å²) in [6, 6.07) is 17.5. The number of Topliss-reactive ketones (excluding diaryl/α,β-unsaturated/α-hetero) is 1. The number of fused-ring (bicyclic) bond motifs is 1. The Balaban J connectivity index is 1.58. The topological polar surface area (TPSA) is 59.2 Å². The number of hydrogen-bond acceptors (Lipinski definition) is 4. The second kappa shape index (κ2) is 8.23. The van der Waals surface area contributed by atoms with Gasteiger partial charge in [0.25, 0.3) is 0 Å². The lowest BCUT2D eigenvalue weighted by Gasteiger charge is -2.12. The molecule has 0 radical (unpaired) electrons. The van der Waals surface area contributed by atoms with Crippen molar-refractivity contribution >= 4 is 34.4 Å². The number of aryl methyl sites for hydroxylation is 1. The number of rotatable bonds is 7. The number of carbonyl (C=O) groups is 2. The van der Waals surface area contributed by atoms with Crippen LogP contribution in [-0.4, -0.2) is 28.6 Å². The van der Waals surface area contributed by atoms with Gasteiger partial charge in [0.05, 0.1) is 6.42 Å². The van der Waals surface area contributed by atoms with E-state index in [1.807, 2.05) is 61.5 Å². The smallest absolute Gasteiger partial charge is 0.307 e. The predicted molar refractivity (Wildman–Crippen MR) is 105 cm³/mol. The molecule has 1 atom stereocenters. The maximum absolute atomic E-state index is 12.8. The first-order valence-corrected chi connectivity index (χ1v) is 9.53. The third kappa shape index (κ3) is 4.17. The first-order chi connectivity index (χ1) is 12.6. The van der Waals surface area contributed by atoms with E-state index in [2.05, 4.69) is 4.98 Å². The van der Waals surface area contributed by atoms with Crippen LogP contribution in [0.1, 0.15) is 29.4 Å². The number of para-hydroxylation sites is 1. The van der Waals surface area contributed by atoms with Crippen LogP contribution in [0.2, 0.25) is 0 Å². The van der Waals surface area contributed by atoms with Gasteiger partial charge in [-0.3, -0.25) is 9.59 Å². The Morgan fingerprint density at radius 2 is 1.77 bits per heavy atom. The molecule has 0 amide bonds. The van der Waals surface area contributed by atoms with Crippen LogP contribution in [0.5, 0.6) is 0 Å². The number of aromatic nitrogens is 1. The molecule has 0 bridgehead atoms. The molecule has 0 saturated heterocycles. The average molecular weight is 367 g/mol. The van der Waals surface area contributed by atoms with Gasteiger partial charge in [0.15, 0.2) is 6.10 Å². The lowest BCUT2D eigenvalue weighted by atomic mass is 10.0. The molecule has 3 rings (SSSR count). The lowest BCUT2D eigenvalue weighted by Crippen LogP contribution is -2.25. The van der Waals surface area contributed by atoms with Crippen molar-refractivity contribution in [1.29, 1.82) is 0 Å². The van der Waals surface area contributed by atoms with E-state index in [1.54, 1.807) is 18.7 Å². The number of carbonyl (C=O) groups excluding carboxylic acids is 2. The van der Waals surface area contributed by atoms with Crippen LogP contribution in [0.3, 0.4) is 0 Å². The highest BCUT2D eigenvalue weighted by Crippen LogP contribution is 2.24. The molecule has 0 saturated carbocycles. The summed E-state index contributed by atoms with van der Waals surface area (Å²) in [5.41, 5.74) is 2.30. The van der Waals surface area contributed by atoms with E-state index >= 15 is 0 Å². The van der Waals surface area contributed by atoms with Crippen molar-refractivity contribution in [3.63, 3.8) is 0 Å². The SMILES string of the molecule is Cc1[nH]c2ccccc2c1C(=O)[C@@H](C)OC(=O)CCSc1ccccc1. The van der Waals surface area contributed by atoms with Crippen molar-refractivity contribution < 1.29 is 14.3 Å². The maximum Gasteiger partial charge on any atom is 0.307 e. The quantitative estimate of drug-likeness (QED) is 0.371. The Morgan fingerprint density at radius 3 is 2.54 bits per heavy atom. The Bertz CT molecular complexity index is 917. The number of ether oxygens (including phenoxy) is 1. The fourth-order valence-electron chi connectivity index (χ4n) is 2.88. The highest BCUT2D eigenvalue weighted by atomic mass is 32.2. The molecule has 0 aliphatic heterocycles. The first-order valence-electron chi connectivity index (χ1n) is 8.55. The molecule has 26 heavy (non-hydrogen) atoms. The molecule has 1 aromatic heterocycles. The normalized spacial score (nSPS) is 12.1. The Hall–Kier alpha value is -2.53. The molecule has 1 heterocycles. The number of aromatic amines is 1. The Labute approximate surface area is 156 Å². The highest BCUT2D eigenvalue weighted by Gasteiger charge is 2.24. The number of ketones is 1. The minimum atomic E-state index is -0.804. The zero-order valence-corrected chi connectivity index (χ0v) is 15.6. The molecule has 0 aliphatic rings. The molecule has 134 valence electrons. The second-order valence-electron chi connectivity index (χ2n) is 6.08. The minimum Gasteiger partial charge on any atom is -0.454 e. The fourth-order valence-corrected chi connectivity index (χ4v) is 3.73. The van der Waals surface area contributed by atoms with E-state index in [0.717, 1.165) is 21.5 Å². The predicted octanol–water partition coefficient (Wildman–Crippen LogP) is 4.77. The van der Waals surface area contributed by atoms with Gasteiger partial charge in [-0.05, 0) is 32.0 Å². The summed E-state index contributed by atoms with van der Waals surface area (Å²) >= 11 is 1.60. The average Bonchev–Trinajstić information content (AvgIpc) is 2.97. The summed E-state index contributed by atoms with van der Waals surface area (Å²) in [5, 5.41) is 0.859. The molecule has 4 nitrogen and oxygen atoms in total. The Morgan fingerprint density at radius 1 is 1.08 bits per heavy atom. The monoisotopic (exact) mass is 367 g/mol. The van der Waals surface area contributed by atoms with Gasteiger partial charge >= 0.3 is 5.97 Å². The lowest BCUT2D eigenvalue weighted by molar-refractivity contribution is -0.145. The van der Waals surface area contributed by atoms with Gasteiger partial charge in [-0.25, -0.2) is 0 Å². The minimum absolute atomic E-state index is 0.177. The van der Waals surface area contributed by atoms with E-state index < -0.39 is 6.10 Å². The molecule has 0 spiro atoms. The van der Waals surface area contributed by atoms with Crippen LogP contribution in [0, 0.1) is 6.92 Å². The molecule has 2 aromatic carbocycles. The summed E-state index contributed by atoms with van der Waals surface area (Å²) in [7, 11) is 0. The summed E-state index contributed by atoms with van der Waals surface area (Å²) in [5.74, 6) is 0.0892. The number of H-pyrrole nitrogens is 1. The van der Waals surface area contributed by atoms with Gasteiger partial charge in [0.2, 0.25) is 5.78 Å². The Kier molecular flexibility index (Phi) is 5.78. The van der Waals surface area contributed by atoms with Crippen molar-refractivity contribution in [1.82, 2.24) is 4.98 Å². The van der Waals surface area contributed by atoms with Gasteiger partial charge < -0.3 is 9.72 Å². The van der Waals surface area contributed by atoms with Gasteiger partial charge in [0.1, 0.15) is 0 Å². The third-order valence-corrected chi connectivity index (χ3v) is 5.15. The van der Waals surface area contributed by atoms with Crippen LogP contribution in [-0.2, 0) is 9.53 Å². The maximum atomic E-state index is 12.8. The van der Waals surface area contributed by atoms with Gasteiger partial charge in [-0.2, -0.15) is 0 Å². The largest absolute Gasteiger partial charge is 0.454 e.